The molecule has 1 atom stereocenters. The number of carbonyl (C=O) groups excluding carboxylic acids is 1. The second-order valence-electron chi connectivity index (χ2n) is 3.84. The molecule has 1 saturated heterocycles. The van der Waals surface area contributed by atoms with Crippen LogP contribution in [-0.4, -0.2) is 33.4 Å². The number of nitrogen functional groups attached to an aromatic ring is 1. The van der Waals surface area contributed by atoms with Crippen LogP contribution in [0.15, 0.2) is 6.33 Å². The van der Waals surface area contributed by atoms with Crippen molar-refractivity contribution in [2.45, 2.75) is 18.9 Å². The van der Waals surface area contributed by atoms with Crippen molar-refractivity contribution in [3.63, 3.8) is 0 Å². The van der Waals surface area contributed by atoms with Gasteiger partial charge in [0.2, 0.25) is 17.5 Å². The molecule has 1 fully saturated rings. The van der Waals surface area contributed by atoms with Gasteiger partial charge in [-0.15, -0.1) is 0 Å². The van der Waals surface area contributed by atoms with Crippen LogP contribution < -0.4 is 16.4 Å². The minimum atomic E-state index is -0.668. The highest BCUT2D eigenvalue weighted by molar-refractivity contribution is 5.86. The summed E-state index contributed by atoms with van der Waals surface area (Å²) in [5.41, 5.74) is 5.02. The van der Waals surface area contributed by atoms with Gasteiger partial charge in [-0.1, -0.05) is 0 Å². The van der Waals surface area contributed by atoms with E-state index >= 15 is 0 Å². The summed E-state index contributed by atoms with van der Waals surface area (Å²) < 4.78 is 0. The zero-order valence-corrected chi connectivity index (χ0v) is 9.42. The Morgan fingerprint density at radius 3 is 3.00 bits per heavy atom. The highest BCUT2D eigenvalue weighted by atomic mass is 16.6. The summed E-state index contributed by atoms with van der Waals surface area (Å²) in [5.74, 6) is -0.462. The molecule has 1 aromatic rings. The van der Waals surface area contributed by atoms with Gasteiger partial charge in [0.15, 0.2) is 0 Å². The molecule has 0 spiro atoms. The number of piperidine rings is 1. The second-order valence-corrected chi connectivity index (χ2v) is 3.84. The summed E-state index contributed by atoms with van der Waals surface area (Å²) in [7, 11) is 0. The van der Waals surface area contributed by atoms with Gasteiger partial charge in [0.25, 0.3) is 0 Å². The van der Waals surface area contributed by atoms with Gasteiger partial charge >= 0.3 is 5.69 Å². The third kappa shape index (κ3) is 2.29. The van der Waals surface area contributed by atoms with Crippen molar-refractivity contribution >= 4 is 23.2 Å². The Balaban J connectivity index is 2.25. The van der Waals surface area contributed by atoms with Crippen molar-refractivity contribution in [3.05, 3.63) is 16.4 Å². The maximum atomic E-state index is 11.5. The number of nitrogens with one attached hydrogen (secondary N) is 2. The van der Waals surface area contributed by atoms with Crippen molar-refractivity contribution in [3.8, 4) is 0 Å². The Hall–Kier alpha value is -2.45. The highest BCUT2D eigenvalue weighted by Gasteiger charge is 2.27. The lowest BCUT2D eigenvalue weighted by Crippen LogP contribution is -2.44. The van der Waals surface area contributed by atoms with Gasteiger partial charge in [-0.25, -0.2) is 9.97 Å². The lowest BCUT2D eigenvalue weighted by molar-refractivity contribution is -0.383. The molecule has 0 aromatic carbocycles. The fraction of sp³-hybridized carbons (Fsp3) is 0.444. The van der Waals surface area contributed by atoms with Crippen LogP contribution in [-0.2, 0) is 4.79 Å². The largest absolute Gasteiger partial charge is 0.378 e. The Bertz CT molecular complexity index is 491. The minimum absolute atomic E-state index is 0.0328. The van der Waals surface area contributed by atoms with Gasteiger partial charge in [-0.05, 0) is 12.8 Å². The minimum Gasteiger partial charge on any atom is -0.378 e. The topological polar surface area (TPSA) is 136 Å². The number of aromatic nitrogens is 2. The van der Waals surface area contributed by atoms with Gasteiger partial charge in [0.1, 0.15) is 12.4 Å². The van der Waals surface area contributed by atoms with Crippen molar-refractivity contribution in [2.24, 2.45) is 0 Å². The summed E-state index contributed by atoms with van der Waals surface area (Å²) >= 11 is 0. The van der Waals surface area contributed by atoms with Gasteiger partial charge in [0.05, 0.1) is 4.92 Å². The number of nitrogens with two attached hydrogens (primary N) is 1. The van der Waals surface area contributed by atoms with E-state index in [1.165, 1.54) is 0 Å². The Morgan fingerprint density at radius 1 is 1.56 bits per heavy atom. The summed E-state index contributed by atoms with van der Waals surface area (Å²) in [5, 5.41) is 16.3. The standard InChI is InChI=1S/C9H12N6O3/c10-7-6(15(17)18)8(13-4-12-7)14-5-2-1-3-11-9(5)16/h4-5H,1-3H2,(H,11,16)(H3,10,12,13,14). The molecule has 1 aliphatic rings. The lowest BCUT2D eigenvalue weighted by atomic mass is 10.1. The van der Waals surface area contributed by atoms with Crippen LogP contribution in [0.4, 0.5) is 17.3 Å². The normalized spacial score (nSPS) is 19.1. The molecule has 0 aliphatic carbocycles. The Labute approximate surface area is 102 Å². The van der Waals surface area contributed by atoms with Crippen LogP contribution in [0.1, 0.15) is 12.8 Å². The van der Waals surface area contributed by atoms with Crippen LogP contribution in [0, 0.1) is 10.1 Å². The van der Waals surface area contributed by atoms with E-state index < -0.39 is 16.7 Å². The molecule has 1 aliphatic heterocycles. The van der Waals surface area contributed by atoms with Gasteiger partial charge < -0.3 is 16.4 Å². The molecule has 1 unspecified atom stereocenters. The molecule has 96 valence electrons. The lowest BCUT2D eigenvalue weighted by Gasteiger charge is -2.22. The van der Waals surface area contributed by atoms with Crippen molar-refractivity contribution in [1.29, 1.82) is 0 Å². The van der Waals surface area contributed by atoms with E-state index in [-0.39, 0.29) is 17.5 Å². The molecule has 0 radical (unpaired) electrons. The SMILES string of the molecule is Nc1ncnc(NC2CCCNC2=O)c1[N+](=O)[O-]. The monoisotopic (exact) mass is 252 g/mol. The molecule has 4 N–H and O–H groups in total. The predicted octanol–water partition coefficient (Wildman–Crippen LogP) is -0.342. The van der Waals surface area contributed by atoms with E-state index in [0.29, 0.717) is 13.0 Å². The van der Waals surface area contributed by atoms with E-state index in [1.54, 1.807) is 0 Å². The fourth-order valence-electron chi connectivity index (χ4n) is 1.75. The zero-order valence-electron chi connectivity index (χ0n) is 9.42. The first-order valence-corrected chi connectivity index (χ1v) is 5.38. The molecule has 1 aromatic heterocycles. The number of hydrogen-bond acceptors (Lipinski definition) is 7. The first-order chi connectivity index (χ1) is 8.59. The number of nitro groups is 1. The van der Waals surface area contributed by atoms with Gasteiger partial charge in [-0.2, -0.15) is 0 Å². The molecule has 2 rings (SSSR count). The molecule has 0 saturated carbocycles. The summed E-state index contributed by atoms with van der Waals surface area (Å²) in [6.07, 6.45) is 2.51. The third-order valence-electron chi connectivity index (χ3n) is 2.63. The van der Waals surface area contributed by atoms with Gasteiger partial charge in [0, 0.05) is 6.54 Å². The average Bonchev–Trinajstić information content (AvgIpc) is 2.31. The molecule has 1 amide bonds. The first kappa shape index (κ1) is 12.0. The first-order valence-electron chi connectivity index (χ1n) is 5.38. The molecule has 0 bridgehead atoms. The Kier molecular flexibility index (Phi) is 3.22. The van der Waals surface area contributed by atoms with E-state index in [0.717, 1.165) is 12.7 Å². The maximum Gasteiger partial charge on any atom is 0.353 e. The number of rotatable bonds is 3. The van der Waals surface area contributed by atoms with Crippen LogP contribution in [0.25, 0.3) is 0 Å². The van der Waals surface area contributed by atoms with Crippen molar-refractivity contribution in [2.75, 3.05) is 17.6 Å². The number of anilines is 2. The number of nitrogens with zero attached hydrogens (tertiary/aromatic N) is 3. The quantitative estimate of drug-likeness (QED) is 0.494. The zero-order chi connectivity index (χ0) is 13.1. The molecule has 2 heterocycles. The second kappa shape index (κ2) is 4.82. The van der Waals surface area contributed by atoms with Crippen LogP contribution in [0.2, 0.25) is 0 Å². The molecular formula is C9H12N6O3. The molecule has 9 nitrogen and oxygen atoms in total. The molecule has 18 heavy (non-hydrogen) atoms. The van der Waals surface area contributed by atoms with Crippen LogP contribution >= 0.6 is 0 Å². The molecular weight excluding hydrogens is 240 g/mol. The van der Waals surface area contributed by atoms with E-state index in [9.17, 15) is 14.9 Å². The van der Waals surface area contributed by atoms with Gasteiger partial charge in [-0.3, -0.25) is 14.9 Å². The highest BCUT2D eigenvalue weighted by Crippen LogP contribution is 2.27. The smallest absolute Gasteiger partial charge is 0.353 e. The number of amides is 1. The summed E-state index contributed by atoms with van der Waals surface area (Å²) in [4.78, 5) is 29.1. The summed E-state index contributed by atoms with van der Waals surface area (Å²) in [6.45, 7) is 0.616. The van der Waals surface area contributed by atoms with Crippen molar-refractivity contribution in [1.82, 2.24) is 15.3 Å². The number of hydrogen-bond donors (Lipinski definition) is 3. The fourth-order valence-corrected chi connectivity index (χ4v) is 1.75. The molecule has 9 heteroatoms. The Morgan fingerprint density at radius 2 is 2.33 bits per heavy atom. The van der Waals surface area contributed by atoms with E-state index in [4.69, 9.17) is 5.73 Å². The van der Waals surface area contributed by atoms with E-state index in [1.807, 2.05) is 0 Å². The maximum absolute atomic E-state index is 11.5. The number of carbonyl (C=O) groups is 1. The average molecular weight is 252 g/mol. The van der Waals surface area contributed by atoms with E-state index in [2.05, 4.69) is 20.6 Å². The van der Waals surface area contributed by atoms with Crippen LogP contribution in [0.3, 0.4) is 0 Å². The van der Waals surface area contributed by atoms with Crippen molar-refractivity contribution < 1.29 is 9.72 Å². The van der Waals surface area contributed by atoms with Crippen LogP contribution in [0.5, 0.6) is 0 Å². The predicted molar refractivity (Wildman–Crippen MR) is 62.8 cm³/mol. The third-order valence-corrected chi connectivity index (χ3v) is 2.63. The summed E-state index contributed by atoms with van der Waals surface area (Å²) in [6, 6.07) is -0.535.